The van der Waals surface area contributed by atoms with E-state index >= 15 is 0 Å². The zero-order valence-corrected chi connectivity index (χ0v) is 14.1. The Labute approximate surface area is 138 Å². The summed E-state index contributed by atoms with van der Waals surface area (Å²) >= 11 is 0. The van der Waals surface area contributed by atoms with Crippen molar-refractivity contribution >= 4 is 11.9 Å². The molecule has 0 atom stereocenters. The summed E-state index contributed by atoms with van der Waals surface area (Å²) in [5.74, 6) is -0.248. The smallest absolute Gasteiger partial charge is 0.305 e. The predicted molar refractivity (Wildman–Crippen MR) is 90.3 cm³/mol. The van der Waals surface area contributed by atoms with Crippen LogP contribution in [0.15, 0.2) is 24.3 Å². The van der Waals surface area contributed by atoms with E-state index in [4.69, 9.17) is 5.11 Å². The second-order valence-electron chi connectivity index (χ2n) is 7.17. The van der Waals surface area contributed by atoms with Crippen molar-refractivity contribution in [2.45, 2.75) is 64.3 Å². The van der Waals surface area contributed by atoms with Crippen molar-refractivity contribution < 1.29 is 14.7 Å². The minimum Gasteiger partial charge on any atom is -0.481 e. The molecule has 0 unspecified atom stereocenters. The van der Waals surface area contributed by atoms with E-state index in [1.807, 2.05) is 0 Å². The minimum absolute atomic E-state index is 0.0304. The van der Waals surface area contributed by atoms with E-state index in [-0.39, 0.29) is 12.3 Å². The number of amides is 1. The van der Waals surface area contributed by atoms with E-state index in [9.17, 15) is 9.59 Å². The highest BCUT2D eigenvalue weighted by Crippen LogP contribution is 2.35. The molecular weight excluding hydrogens is 290 g/mol. The fourth-order valence-corrected chi connectivity index (χ4v) is 3.17. The summed E-state index contributed by atoms with van der Waals surface area (Å²) in [6.07, 6.45) is 4.73. The molecule has 1 saturated carbocycles. The first-order chi connectivity index (χ1) is 10.9. The van der Waals surface area contributed by atoms with Gasteiger partial charge in [0.25, 0.3) is 0 Å². The zero-order valence-electron chi connectivity index (χ0n) is 14.1. The number of carbonyl (C=O) groups excluding carboxylic acids is 1. The third-order valence-corrected chi connectivity index (χ3v) is 4.51. The third kappa shape index (κ3) is 5.38. The Morgan fingerprint density at radius 2 is 1.78 bits per heavy atom. The van der Waals surface area contributed by atoms with Crippen LogP contribution in [0.5, 0.6) is 0 Å². The third-order valence-electron chi connectivity index (χ3n) is 4.51. The van der Waals surface area contributed by atoms with Gasteiger partial charge in [0.1, 0.15) is 0 Å². The topological polar surface area (TPSA) is 66.4 Å². The van der Waals surface area contributed by atoms with Gasteiger partial charge in [-0.05, 0) is 49.1 Å². The van der Waals surface area contributed by atoms with Gasteiger partial charge >= 0.3 is 5.97 Å². The van der Waals surface area contributed by atoms with Crippen molar-refractivity contribution in [1.82, 2.24) is 5.32 Å². The number of benzene rings is 1. The molecule has 0 heterocycles. The normalized spacial score (nSPS) is 16.0. The van der Waals surface area contributed by atoms with Crippen LogP contribution in [0.3, 0.4) is 0 Å². The van der Waals surface area contributed by atoms with E-state index in [0.29, 0.717) is 18.8 Å². The molecule has 1 fully saturated rings. The summed E-state index contributed by atoms with van der Waals surface area (Å²) in [5, 5.41) is 11.9. The molecule has 0 radical (unpaired) electrons. The van der Waals surface area contributed by atoms with Crippen LogP contribution in [0.25, 0.3) is 0 Å². The van der Waals surface area contributed by atoms with Gasteiger partial charge in [0, 0.05) is 6.42 Å². The van der Waals surface area contributed by atoms with Crippen LogP contribution in [0.2, 0.25) is 0 Å². The Kier molecular flexibility index (Phi) is 5.80. The number of carboxylic acid groups (broad SMARTS) is 1. The van der Waals surface area contributed by atoms with Crippen molar-refractivity contribution in [3.05, 3.63) is 35.4 Å². The zero-order chi connectivity index (χ0) is 16.9. The molecule has 0 saturated heterocycles. The van der Waals surface area contributed by atoms with Gasteiger partial charge < -0.3 is 10.4 Å². The van der Waals surface area contributed by atoms with E-state index in [0.717, 1.165) is 31.2 Å². The van der Waals surface area contributed by atoms with Gasteiger partial charge in [-0.2, -0.15) is 0 Å². The Hall–Kier alpha value is -1.84. The van der Waals surface area contributed by atoms with Gasteiger partial charge in [-0.15, -0.1) is 0 Å². The lowest BCUT2D eigenvalue weighted by Gasteiger charge is -2.41. The fourth-order valence-electron chi connectivity index (χ4n) is 3.17. The van der Waals surface area contributed by atoms with Crippen LogP contribution in [-0.4, -0.2) is 22.5 Å². The first kappa shape index (κ1) is 17.5. The number of rotatable bonds is 8. The molecule has 1 aromatic rings. The molecule has 0 aromatic heterocycles. The lowest BCUT2D eigenvalue weighted by atomic mass is 9.74. The Morgan fingerprint density at radius 3 is 2.26 bits per heavy atom. The summed E-state index contributed by atoms with van der Waals surface area (Å²) in [7, 11) is 0. The summed E-state index contributed by atoms with van der Waals surface area (Å²) in [4.78, 5) is 23.0. The summed E-state index contributed by atoms with van der Waals surface area (Å²) in [6, 6.07) is 8.43. The molecule has 0 spiro atoms. The number of carboxylic acids is 1. The molecule has 0 aliphatic heterocycles. The second kappa shape index (κ2) is 7.62. The summed E-state index contributed by atoms with van der Waals surface area (Å²) < 4.78 is 0. The van der Waals surface area contributed by atoms with Gasteiger partial charge in [0.15, 0.2) is 0 Å². The maximum atomic E-state index is 12.1. The summed E-state index contributed by atoms with van der Waals surface area (Å²) in [6.45, 7) is 4.40. The van der Waals surface area contributed by atoms with Crippen LogP contribution in [0.4, 0.5) is 0 Å². The average Bonchev–Trinajstić information content (AvgIpc) is 2.43. The molecule has 1 aliphatic carbocycles. The fraction of sp³-hybridized carbons (Fsp3) is 0.579. The molecular formula is C19H27NO3. The van der Waals surface area contributed by atoms with Crippen molar-refractivity contribution in [1.29, 1.82) is 0 Å². The van der Waals surface area contributed by atoms with Crippen molar-refractivity contribution in [3.8, 4) is 0 Å². The molecule has 1 aliphatic rings. The van der Waals surface area contributed by atoms with E-state index < -0.39 is 11.5 Å². The molecule has 0 bridgehead atoms. The Balaban J connectivity index is 1.81. The molecule has 1 amide bonds. The van der Waals surface area contributed by atoms with Crippen LogP contribution in [-0.2, 0) is 22.4 Å². The van der Waals surface area contributed by atoms with Gasteiger partial charge in [0.2, 0.25) is 5.91 Å². The standard InChI is InChI=1S/C19H27NO3/c1-14(2)12-16-6-4-15(5-7-16)8-9-17(21)20-19(10-3-11-19)13-18(22)23/h4-7,14H,3,8-13H2,1-2H3,(H,20,21)(H,22,23). The highest BCUT2D eigenvalue weighted by Gasteiger charge is 2.40. The summed E-state index contributed by atoms with van der Waals surface area (Å²) in [5.41, 5.74) is 1.97. The maximum Gasteiger partial charge on any atom is 0.305 e. The van der Waals surface area contributed by atoms with Crippen molar-refractivity contribution in [2.75, 3.05) is 0 Å². The van der Waals surface area contributed by atoms with E-state index in [1.54, 1.807) is 0 Å². The molecule has 2 N–H and O–H groups in total. The highest BCUT2D eigenvalue weighted by molar-refractivity contribution is 5.78. The largest absolute Gasteiger partial charge is 0.481 e. The Morgan fingerprint density at radius 1 is 1.17 bits per heavy atom. The molecule has 2 rings (SSSR count). The number of nitrogens with one attached hydrogen (secondary N) is 1. The first-order valence-electron chi connectivity index (χ1n) is 8.49. The van der Waals surface area contributed by atoms with Gasteiger partial charge in [-0.25, -0.2) is 0 Å². The lowest BCUT2D eigenvalue weighted by molar-refractivity contribution is -0.140. The number of aryl methyl sites for hydroxylation is 1. The van der Waals surface area contributed by atoms with Crippen LogP contribution < -0.4 is 5.32 Å². The molecule has 4 heteroatoms. The van der Waals surface area contributed by atoms with E-state index in [2.05, 4.69) is 43.4 Å². The van der Waals surface area contributed by atoms with Crippen molar-refractivity contribution in [3.63, 3.8) is 0 Å². The van der Waals surface area contributed by atoms with Gasteiger partial charge in [-0.3, -0.25) is 9.59 Å². The molecule has 126 valence electrons. The maximum absolute atomic E-state index is 12.1. The lowest BCUT2D eigenvalue weighted by Crippen LogP contribution is -2.54. The first-order valence-corrected chi connectivity index (χ1v) is 8.49. The number of carbonyl (C=O) groups is 2. The quantitative estimate of drug-likeness (QED) is 0.773. The average molecular weight is 317 g/mol. The SMILES string of the molecule is CC(C)Cc1ccc(CCC(=O)NC2(CC(=O)O)CCC2)cc1. The molecule has 23 heavy (non-hydrogen) atoms. The van der Waals surface area contributed by atoms with Crippen molar-refractivity contribution in [2.24, 2.45) is 5.92 Å². The number of aliphatic carboxylic acids is 1. The highest BCUT2D eigenvalue weighted by atomic mass is 16.4. The van der Waals surface area contributed by atoms with E-state index in [1.165, 1.54) is 5.56 Å². The Bertz CT molecular complexity index is 544. The van der Waals surface area contributed by atoms with Crippen LogP contribution >= 0.6 is 0 Å². The van der Waals surface area contributed by atoms with Crippen LogP contribution in [0.1, 0.15) is 57.1 Å². The monoisotopic (exact) mass is 317 g/mol. The number of hydrogen-bond donors (Lipinski definition) is 2. The predicted octanol–water partition coefficient (Wildman–Crippen LogP) is 3.33. The minimum atomic E-state index is -0.842. The van der Waals surface area contributed by atoms with Gasteiger partial charge in [0.05, 0.1) is 12.0 Å². The number of hydrogen-bond acceptors (Lipinski definition) is 2. The second-order valence-corrected chi connectivity index (χ2v) is 7.17. The molecule has 1 aromatic carbocycles. The molecule has 4 nitrogen and oxygen atoms in total. The van der Waals surface area contributed by atoms with Crippen LogP contribution in [0, 0.1) is 5.92 Å². The van der Waals surface area contributed by atoms with Gasteiger partial charge in [-0.1, -0.05) is 38.1 Å².